The molecule has 6 N–H and O–H groups in total. The standard InChI is InChI=1S/C12H12N2O6S.C10H11NO3/c15-6-13-9(17)4-21-5-10(18)14-12(20)7-2-1-3-8(16)11(7)19;1-6-5-11-10(14-6)7-3-2-4-8(12)9(7)13/h1-3,6,16,19H,4-5H2,(H,13,15,17)(H,14,18,20);2-4,6,12-13H,5H2,1H3. The summed E-state index contributed by atoms with van der Waals surface area (Å²) in [6.45, 7) is 2.49. The Hall–Kier alpha value is -4.26. The third kappa shape index (κ3) is 7.92. The maximum absolute atomic E-state index is 11.7. The minimum atomic E-state index is -0.869. The predicted octanol–water partition coefficient (Wildman–Crippen LogP) is 0.623. The summed E-state index contributed by atoms with van der Waals surface area (Å²) in [6, 6.07) is 8.48. The van der Waals surface area contributed by atoms with Gasteiger partial charge in [0.2, 0.25) is 24.1 Å². The van der Waals surface area contributed by atoms with Crippen LogP contribution in [0.15, 0.2) is 41.4 Å². The first-order chi connectivity index (χ1) is 16.6. The Morgan fingerprint density at radius 3 is 2.29 bits per heavy atom. The second-order valence-corrected chi connectivity index (χ2v) is 7.96. The molecule has 186 valence electrons. The summed E-state index contributed by atoms with van der Waals surface area (Å²) < 4.78 is 5.36. The van der Waals surface area contributed by atoms with Crippen molar-refractivity contribution in [2.45, 2.75) is 13.0 Å². The quantitative estimate of drug-likeness (QED) is 0.229. The first-order valence-electron chi connectivity index (χ1n) is 10.0. The lowest BCUT2D eigenvalue weighted by atomic mass is 10.1. The SMILES string of the molecule is CC1CN=C(c2cccc(O)c2O)O1.O=CNC(=O)CSCC(=O)NC(=O)c1cccc(O)c1O. The van der Waals surface area contributed by atoms with Gasteiger partial charge in [-0.05, 0) is 31.2 Å². The van der Waals surface area contributed by atoms with Gasteiger partial charge < -0.3 is 25.2 Å². The summed E-state index contributed by atoms with van der Waals surface area (Å²) in [5.74, 6) is -3.44. The average Bonchev–Trinajstić information content (AvgIpc) is 3.24. The van der Waals surface area contributed by atoms with Gasteiger partial charge in [0.15, 0.2) is 23.0 Å². The molecule has 0 spiro atoms. The van der Waals surface area contributed by atoms with Crippen molar-refractivity contribution in [1.82, 2.24) is 10.6 Å². The van der Waals surface area contributed by atoms with Crippen LogP contribution in [0.25, 0.3) is 0 Å². The number of imide groups is 2. The van der Waals surface area contributed by atoms with Gasteiger partial charge >= 0.3 is 0 Å². The number of phenolic OH excluding ortho intramolecular Hbond substituents is 4. The molecule has 0 radical (unpaired) electrons. The van der Waals surface area contributed by atoms with Crippen LogP contribution in [0.4, 0.5) is 0 Å². The van der Waals surface area contributed by atoms with Crippen molar-refractivity contribution in [3.05, 3.63) is 47.5 Å². The zero-order chi connectivity index (χ0) is 26.0. The number of hydrogen-bond acceptors (Lipinski definition) is 11. The zero-order valence-corrected chi connectivity index (χ0v) is 19.2. The molecule has 1 atom stereocenters. The van der Waals surface area contributed by atoms with E-state index in [1.165, 1.54) is 24.3 Å². The van der Waals surface area contributed by atoms with Crippen LogP contribution in [0, 0.1) is 0 Å². The Kier molecular flexibility index (Phi) is 9.90. The van der Waals surface area contributed by atoms with Gasteiger partial charge in [-0.2, -0.15) is 0 Å². The van der Waals surface area contributed by atoms with Crippen LogP contribution in [0.5, 0.6) is 23.0 Å². The molecule has 35 heavy (non-hydrogen) atoms. The highest BCUT2D eigenvalue weighted by Crippen LogP contribution is 2.30. The van der Waals surface area contributed by atoms with Gasteiger partial charge in [0.25, 0.3) is 5.91 Å². The molecule has 0 saturated heterocycles. The lowest BCUT2D eigenvalue weighted by Gasteiger charge is -2.07. The molecule has 1 aliphatic rings. The summed E-state index contributed by atoms with van der Waals surface area (Å²) in [4.78, 5) is 48.2. The number of hydrogen-bond donors (Lipinski definition) is 6. The van der Waals surface area contributed by atoms with E-state index in [1.807, 2.05) is 17.6 Å². The summed E-state index contributed by atoms with van der Waals surface area (Å²) in [5, 5.41) is 41.4. The van der Waals surface area contributed by atoms with Crippen molar-refractivity contribution in [2.75, 3.05) is 18.1 Å². The molecule has 0 bridgehead atoms. The van der Waals surface area contributed by atoms with Crippen molar-refractivity contribution < 1.29 is 44.3 Å². The highest BCUT2D eigenvalue weighted by molar-refractivity contribution is 8.00. The van der Waals surface area contributed by atoms with Gasteiger partial charge in [0.1, 0.15) is 6.10 Å². The second kappa shape index (κ2) is 12.8. The van der Waals surface area contributed by atoms with Crippen molar-refractivity contribution in [2.24, 2.45) is 4.99 Å². The minimum absolute atomic E-state index is 0.0340. The molecule has 2 aromatic rings. The third-order valence-electron chi connectivity index (χ3n) is 4.25. The van der Waals surface area contributed by atoms with Crippen molar-refractivity contribution in [3.63, 3.8) is 0 Å². The van der Waals surface area contributed by atoms with Gasteiger partial charge in [-0.15, -0.1) is 11.8 Å². The van der Waals surface area contributed by atoms with E-state index in [0.717, 1.165) is 11.8 Å². The topological polar surface area (TPSA) is 195 Å². The number of amides is 4. The van der Waals surface area contributed by atoms with Gasteiger partial charge in [-0.1, -0.05) is 12.1 Å². The fourth-order valence-electron chi connectivity index (χ4n) is 2.62. The molecule has 1 heterocycles. The number of benzene rings is 2. The number of ether oxygens (including phenoxy) is 1. The van der Waals surface area contributed by atoms with E-state index >= 15 is 0 Å². The molecule has 1 unspecified atom stereocenters. The van der Waals surface area contributed by atoms with Crippen LogP contribution in [0.2, 0.25) is 0 Å². The predicted molar refractivity (Wildman–Crippen MR) is 125 cm³/mol. The molecule has 0 saturated carbocycles. The lowest BCUT2D eigenvalue weighted by molar-refractivity contribution is -0.123. The number of phenols is 4. The molecule has 0 aromatic heterocycles. The molecule has 3 rings (SSSR count). The van der Waals surface area contributed by atoms with Crippen LogP contribution in [-0.4, -0.2) is 74.6 Å². The molecule has 2 aromatic carbocycles. The maximum atomic E-state index is 11.7. The number of aliphatic imine (C=N–C) groups is 1. The van der Waals surface area contributed by atoms with Crippen molar-refractivity contribution in [1.29, 1.82) is 0 Å². The van der Waals surface area contributed by atoms with E-state index in [2.05, 4.69) is 4.99 Å². The van der Waals surface area contributed by atoms with Crippen molar-refractivity contribution in [3.8, 4) is 23.0 Å². The molecule has 4 amide bonds. The Bertz CT molecular complexity index is 1140. The largest absolute Gasteiger partial charge is 0.504 e. The number of nitrogens with one attached hydrogen (secondary N) is 2. The smallest absolute Gasteiger partial charge is 0.261 e. The normalized spacial score (nSPS) is 14.0. The molecular formula is C22H23N3O9S. The van der Waals surface area contributed by atoms with Crippen molar-refractivity contribution >= 4 is 41.8 Å². The van der Waals surface area contributed by atoms with E-state index in [-0.39, 0.29) is 41.1 Å². The van der Waals surface area contributed by atoms with Crippen LogP contribution in [0.1, 0.15) is 22.8 Å². The summed E-state index contributed by atoms with van der Waals surface area (Å²) in [7, 11) is 0. The number of rotatable bonds is 7. The first kappa shape index (κ1) is 27.0. The Labute approximate surface area is 203 Å². The zero-order valence-electron chi connectivity index (χ0n) is 18.4. The summed E-state index contributed by atoms with van der Waals surface area (Å²) in [6.07, 6.45) is 0.267. The monoisotopic (exact) mass is 505 g/mol. The van der Waals surface area contributed by atoms with E-state index in [0.29, 0.717) is 18.0 Å². The van der Waals surface area contributed by atoms with E-state index in [4.69, 9.17) is 4.74 Å². The average molecular weight is 506 g/mol. The van der Waals surface area contributed by atoms with E-state index < -0.39 is 29.2 Å². The van der Waals surface area contributed by atoms with Crippen LogP contribution < -0.4 is 10.6 Å². The Morgan fingerprint density at radius 1 is 1.03 bits per heavy atom. The van der Waals surface area contributed by atoms with Gasteiger partial charge in [-0.25, -0.2) is 4.99 Å². The van der Waals surface area contributed by atoms with Gasteiger partial charge in [0.05, 0.1) is 29.2 Å². The molecule has 0 fully saturated rings. The number of carbonyl (C=O) groups is 4. The molecule has 1 aliphatic heterocycles. The third-order valence-corrected chi connectivity index (χ3v) is 5.18. The Morgan fingerprint density at radius 2 is 1.66 bits per heavy atom. The highest BCUT2D eigenvalue weighted by Gasteiger charge is 2.20. The second-order valence-electron chi connectivity index (χ2n) is 6.98. The number of nitrogens with zero attached hydrogens (tertiary/aromatic N) is 1. The summed E-state index contributed by atoms with van der Waals surface area (Å²) in [5.41, 5.74) is 0.196. The minimum Gasteiger partial charge on any atom is -0.504 e. The highest BCUT2D eigenvalue weighted by atomic mass is 32.2. The van der Waals surface area contributed by atoms with Crippen LogP contribution >= 0.6 is 11.8 Å². The fraction of sp³-hybridized carbons (Fsp3) is 0.227. The van der Waals surface area contributed by atoms with Gasteiger partial charge in [-0.3, -0.25) is 29.8 Å². The first-order valence-corrected chi connectivity index (χ1v) is 11.2. The van der Waals surface area contributed by atoms with E-state index in [1.54, 1.807) is 12.1 Å². The number of carbonyl (C=O) groups excluding carboxylic acids is 4. The number of thioether (sulfide) groups is 1. The van der Waals surface area contributed by atoms with Crippen LogP contribution in [-0.2, 0) is 19.1 Å². The fourth-order valence-corrected chi connectivity index (χ4v) is 3.25. The van der Waals surface area contributed by atoms with E-state index in [9.17, 15) is 39.6 Å². The lowest BCUT2D eigenvalue weighted by Crippen LogP contribution is -2.32. The number of para-hydroxylation sites is 2. The Balaban J connectivity index is 0.000000266. The molecular weight excluding hydrogens is 482 g/mol. The molecule has 12 nitrogen and oxygen atoms in total. The van der Waals surface area contributed by atoms with Crippen LogP contribution in [0.3, 0.4) is 0 Å². The maximum Gasteiger partial charge on any atom is 0.261 e. The van der Waals surface area contributed by atoms with Gasteiger partial charge in [0, 0.05) is 0 Å². The molecule has 13 heteroatoms. The number of aromatic hydroxyl groups is 4. The summed E-state index contributed by atoms with van der Waals surface area (Å²) >= 11 is 0.907. The molecule has 0 aliphatic carbocycles.